The smallest absolute Gasteiger partial charge is 0.410 e. The quantitative estimate of drug-likeness (QED) is 0.635. The minimum atomic E-state index is -0.560. The number of hydrogen-bond donors (Lipinski definition) is 2. The highest BCUT2D eigenvalue weighted by Crippen LogP contribution is 2.21. The van der Waals surface area contributed by atoms with Crippen LogP contribution in [0.4, 0.5) is 10.6 Å². The van der Waals surface area contributed by atoms with Crippen molar-refractivity contribution in [3.63, 3.8) is 0 Å². The Morgan fingerprint density at radius 2 is 1.80 bits per heavy atom. The van der Waals surface area contributed by atoms with Gasteiger partial charge in [0.15, 0.2) is 0 Å². The number of amides is 3. The van der Waals surface area contributed by atoms with Gasteiger partial charge in [0.2, 0.25) is 11.8 Å². The third kappa shape index (κ3) is 7.43. The summed E-state index contributed by atoms with van der Waals surface area (Å²) >= 11 is 0. The van der Waals surface area contributed by atoms with Crippen molar-refractivity contribution in [1.29, 1.82) is 0 Å². The lowest BCUT2D eigenvalue weighted by Gasteiger charge is -2.38. The normalized spacial score (nSPS) is 22.5. The Morgan fingerprint density at radius 3 is 2.49 bits per heavy atom. The Kier molecular flexibility index (Phi) is 8.79. The summed E-state index contributed by atoms with van der Waals surface area (Å²) in [4.78, 5) is 42.2. The van der Waals surface area contributed by atoms with Gasteiger partial charge in [0.05, 0.1) is 18.2 Å². The van der Waals surface area contributed by atoms with Crippen LogP contribution in [0, 0.1) is 5.92 Å². The number of piperidine rings is 2. The van der Waals surface area contributed by atoms with Crippen molar-refractivity contribution < 1.29 is 19.1 Å². The number of aromatic nitrogens is 2. The van der Waals surface area contributed by atoms with E-state index in [2.05, 4.69) is 20.6 Å². The van der Waals surface area contributed by atoms with Gasteiger partial charge in [-0.2, -0.15) is 5.10 Å². The van der Waals surface area contributed by atoms with Crippen molar-refractivity contribution in [1.82, 2.24) is 24.9 Å². The van der Waals surface area contributed by atoms with E-state index in [4.69, 9.17) is 4.74 Å². The van der Waals surface area contributed by atoms with Gasteiger partial charge in [0.25, 0.3) is 0 Å². The lowest BCUT2D eigenvalue weighted by atomic mass is 9.96. The molecule has 2 saturated heterocycles. The van der Waals surface area contributed by atoms with E-state index in [9.17, 15) is 14.4 Å². The first-order valence-corrected chi connectivity index (χ1v) is 12.8. The minimum Gasteiger partial charge on any atom is -0.444 e. The van der Waals surface area contributed by atoms with Crippen LogP contribution in [0.1, 0.15) is 73.3 Å². The molecule has 2 aliphatic rings. The van der Waals surface area contributed by atoms with Gasteiger partial charge in [-0.3, -0.25) is 14.5 Å². The summed E-state index contributed by atoms with van der Waals surface area (Å²) in [6.45, 7) is 13.9. The molecule has 2 fully saturated rings. The zero-order chi connectivity index (χ0) is 25.8. The van der Waals surface area contributed by atoms with E-state index in [0.29, 0.717) is 25.5 Å². The lowest BCUT2D eigenvalue weighted by Crippen LogP contribution is -2.55. The van der Waals surface area contributed by atoms with Crippen molar-refractivity contribution in [3.05, 3.63) is 12.3 Å². The molecule has 3 heterocycles. The summed E-state index contributed by atoms with van der Waals surface area (Å²) in [6.07, 6.45) is 4.63. The summed E-state index contributed by atoms with van der Waals surface area (Å²) < 4.78 is 7.27. The number of rotatable bonds is 6. The van der Waals surface area contributed by atoms with Crippen LogP contribution in [-0.2, 0) is 14.3 Å². The van der Waals surface area contributed by atoms with Gasteiger partial charge in [0.1, 0.15) is 11.4 Å². The predicted octanol–water partition coefficient (Wildman–Crippen LogP) is 3.02. The SMILES string of the molecule is CC(C(=O)Nc1ccnn1C(C)C)N1CCCC(NC(=O)C2CCCN(C(=O)OC(C)(C)C)C2)C1. The van der Waals surface area contributed by atoms with E-state index in [0.717, 1.165) is 32.2 Å². The average molecular weight is 491 g/mol. The Hall–Kier alpha value is -2.62. The number of carbonyl (C=O) groups is 3. The van der Waals surface area contributed by atoms with E-state index in [1.807, 2.05) is 41.5 Å². The predicted molar refractivity (Wildman–Crippen MR) is 134 cm³/mol. The fourth-order valence-electron chi connectivity index (χ4n) is 4.70. The monoisotopic (exact) mass is 490 g/mol. The fourth-order valence-corrected chi connectivity index (χ4v) is 4.70. The van der Waals surface area contributed by atoms with Crippen LogP contribution in [0.5, 0.6) is 0 Å². The van der Waals surface area contributed by atoms with Gasteiger partial charge in [-0.15, -0.1) is 0 Å². The first-order valence-electron chi connectivity index (χ1n) is 12.8. The molecule has 2 aliphatic heterocycles. The van der Waals surface area contributed by atoms with E-state index in [1.54, 1.807) is 21.8 Å². The Morgan fingerprint density at radius 1 is 1.09 bits per heavy atom. The fraction of sp³-hybridized carbons (Fsp3) is 0.760. The zero-order valence-corrected chi connectivity index (χ0v) is 22.0. The summed E-state index contributed by atoms with van der Waals surface area (Å²) in [7, 11) is 0. The maximum Gasteiger partial charge on any atom is 0.410 e. The largest absolute Gasteiger partial charge is 0.444 e. The molecule has 0 spiro atoms. The van der Waals surface area contributed by atoms with Gasteiger partial charge < -0.3 is 20.3 Å². The van der Waals surface area contributed by atoms with Crippen molar-refractivity contribution in [3.8, 4) is 0 Å². The van der Waals surface area contributed by atoms with Crippen LogP contribution in [0.15, 0.2) is 12.3 Å². The number of hydrogen-bond acceptors (Lipinski definition) is 6. The Bertz CT molecular complexity index is 893. The maximum atomic E-state index is 13.0. The van der Waals surface area contributed by atoms with Gasteiger partial charge in [-0.05, 0) is 73.8 Å². The first-order chi connectivity index (χ1) is 16.4. The molecule has 0 saturated carbocycles. The van der Waals surface area contributed by atoms with E-state index >= 15 is 0 Å². The molecule has 10 heteroatoms. The molecular weight excluding hydrogens is 448 g/mol. The molecule has 3 unspecified atom stereocenters. The van der Waals surface area contributed by atoms with Crippen LogP contribution in [0.2, 0.25) is 0 Å². The third-order valence-corrected chi connectivity index (χ3v) is 6.58. The highest BCUT2D eigenvalue weighted by atomic mass is 16.6. The topological polar surface area (TPSA) is 109 Å². The first kappa shape index (κ1) is 27.0. The number of nitrogens with one attached hydrogen (secondary N) is 2. The molecule has 0 radical (unpaired) electrons. The molecule has 0 aromatic carbocycles. The standard InChI is InChI=1S/C25H42N6O4/c1-17(2)31-21(11-12-26-31)28-22(32)18(3)29-13-8-10-20(16-29)27-23(33)19-9-7-14-30(15-19)24(34)35-25(4,5)6/h11-12,17-20H,7-10,13-16H2,1-6H3,(H,27,33)(H,28,32). The summed E-state index contributed by atoms with van der Waals surface area (Å²) in [5, 5.41) is 10.4. The number of carbonyl (C=O) groups excluding carboxylic acids is 3. The van der Waals surface area contributed by atoms with E-state index in [1.165, 1.54) is 0 Å². The summed E-state index contributed by atoms with van der Waals surface area (Å²) in [5.41, 5.74) is -0.560. The van der Waals surface area contributed by atoms with Crippen LogP contribution >= 0.6 is 0 Å². The number of anilines is 1. The maximum absolute atomic E-state index is 13.0. The Balaban J connectivity index is 1.52. The molecular formula is C25H42N6O4. The van der Waals surface area contributed by atoms with Gasteiger partial charge in [-0.1, -0.05) is 0 Å². The van der Waals surface area contributed by atoms with Gasteiger partial charge in [0, 0.05) is 37.8 Å². The van der Waals surface area contributed by atoms with Crippen LogP contribution in [0.25, 0.3) is 0 Å². The molecule has 3 atom stereocenters. The highest BCUT2D eigenvalue weighted by molar-refractivity contribution is 5.93. The van der Waals surface area contributed by atoms with Gasteiger partial charge in [-0.25, -0.2) is 9.48 Å². The van der Waals surface area contributed by atoms with E-state index in [-0.39, 0.29) is 42.0 Å². The zero-order valence-electron chi connectivity index (χ0n) is 22.0. The molecule has 196 valence electrons. The number of nitrogens with zero attached hydrogens (tertiary/aromatic N) is 4. The molecule has 3 amide bonds. The number of ether oxygens (including phenoxy) is 1. The minimum absolute atomic E-state index is 0.0235. The number of likely N-dealkylation sites (tertiary alicyclic amines) is 2. The van der Waals surface area contributed by atoms with Gasteiger partial charge >= 0.3 is 6.09 Å². The second-order valence-electron chi connectivity index (χ2n) is 11.0. The molecule has 1 aromatic rings. The second-order valence-corrected chi connectivity index (χ2v) is 11.0. The molecule has 0 bridgehead atoms. The van der Waals surface area contributed by atoms with Crippen molar-refractivity contribution >= 4 is 23.7 Å². The van der Waals surface area contributed by atoms with E-state index < -0.39 is 5.60 Å². The Labute approximate surface area is 208 Å². The molecule has 0 aliphatic carbocycles. The molecule has 10 nitrogen and oxygen atoms in total. The van der Waals surface area contributed by atoms with Crippen molar-refractivity contribution in [2.75, 3.05) is 31.5 Å². The van der Waals surface area contributed by atoms with Crippen molar-refractivity contribution in [2.45, 2.75) is 91.0 Å². The molecule has 1 aromatic heterocycles. The summed E-state index contributed by atoms with van der Waals surface area (Å²) in [5.74, 6) is 0.331. The highest BCUT2D eigenvalue weighted by Gasteiger charge is 2.33. The average Bonchev–Trinajstić information content (AvgIpc) is 3.26. The van der Waals surface area contributed by atoms with Crippen LogP contribution < -0.4 is 10.6 Å². The van der Waals surface area contributed by atoms with Crippen molar-refractivity contribution in [2.24, 2.45) is 5.92 Å². The lowest BCUT2D eigenvalue weighted by molar-refractivity contribution is -0.127. The summed E-state index contributed by atoms with van der Waals surface area (Å²) in [6, 6.07) is 1.59. The van der Waals surface area contributed by atoms with Crippen LogP contribution in [0.3, 0.4) is 0 Å². The molecule has 35 heavy (non-hydrogen) atoms. The second kappa shape index (κ2) is 11.4. The molecule has 3 rings (SSSR count). The third-order valence-electron chi connectivity index (χ3n) is 6.58. The molecule has 2 N–H and O–H groups in total. The van der Waals surface area contributed by atoms with Crippen LogP contribution in [-0.4, -0.2) is 81.4 Å².